The normalized spacial score (nSPS) is 19.5. The highest BCUT2D eigenvalue weighted by molar-refractivity contribution is 6.16. The quantitative estimate of drug-likeness (QED) is 0.772. The second-order valence-electron chi connectivity index (χ2n) is 6.00. The predicted molar refractivity (Wildman–Crippen MR) is 89.2 cm³/mol. The van der Waals surface area contributed by atoms with Gasteiger partial charge in [0.25, 0.3) is 5.92 Å². The molecule has 0 radical (unpaired) electrons. The van der Waals surface area contributed by atoms with Gasteiger partial charge >= 0.3 is 6.03 Å². The molecule has 3 N–H and O–H groups in total. The van der Waals surface area contributed by atoms with Gasteiger partial charge in [0, 0.05) is 12.5 Å². The third-order valence-electron chi connectivity index (χ3n) is 3.91. The maximum atomic E-state index is 14.5. The average molecular weight is 376 g/mol. The lowest BCUT2D eigenvalue weighted by Gasteiger charge is -2.35. The number of urea groups is 1. The number of nitrogens with two attached hydrogens (primary N) is 1. The third-order valence-corrected chi connectivity index (χ3v) is 3.91. The second-order valence-corrected chi connectivity index (χ2v) is 6.00. The molecule has 2 rings (SSSR count). The standard InChI is InChI=1S/C16H19F2N3O3.ClH/c1-9(2)21-14(23)11(13(22)20-15(21)24)8-16(17,18)12(19)10-6-4-3-5-7-10;/h3-7,9,11-12H,8,19H2,1-2H3,(H,20,22,24);1H. The summed E-state index contributed by atoms with van der Waals surface area (Å²) in [5.41, 5.74) is 5.83. The van der Waals surface area contributed by atoms with E-state index in [0.29, 0.717) is 0 Å². The molecule has 1 aliphatic heterocycles. The molecule has 0 spiro atoms. The number of amides is 4. The van der Waals surface area contributed by atoms with E-state index in [4.69, 9.17) is 5.73 Å². The number of imide groups is 2. The molecule has 1 saturated heterocycles. The number of barbiturate groups is 1. The molecule has 1 aliphatic rings. The van der Waals surface area contributed by atoms with Crippen LogP contribution in [-0.4, -0.2) is 34.7 Å². The topological polar surface area (TPSA) is 92.5 Å². The molecular weight excluding hydrogens is 356 g/mol. The Balaban J connectivity index is 0.00000312. The molecule has 2 atom stereocenters. The van der Waals surface area contributed by atoms with E-state index >= 15 is 0 Å². The predicted octanol–water partition coefficient (Wildman–Crippen LogP) is 2.24. The fourth-order valence-corrected chi connectivity index (χ4v) is 2.61. The molecule has 1 aromatic rings. The van der Waals surface area contributed by atoms with Gasteiger partial charge in [-0.15, -0.1) is 12.4 Å². The number of nitrogens with zero attached hydrogens (tertiary/aromatic N) is 1. The highest BCUT2D eigenvalue weighted by atomic mass is 35.5. The summed E-state index contributed by atoms with van der Waals surface area (Å²) in [6.07, 6.45) is -1.07. The van der Waals surface area contributed by atoms with Crippen molar-refractivity contribution in [3.05, 3.63) is 35.9 Å². The molecule has 1 fully saturated rings. The minimum absolute atomic E-state index is 0. The molecule has 0 bridgehead atoms. The number of carbonyl (C=O) groups is 3. The average Bonchev–Trinajstić information content (AvgIpc) is 2.51. The second kappa shape index (κ2) is 7.88. The van der Waals surface area contributed by atoms with Crippen molar-refractivity contribution in [2.24, 2.45) is 11.7 Å². The van der Waals surface area contributed by atoms with Crippen LogP contribution in [0.2, 0.25) is 0 Å². The van der Waals surface area contributed by atoms with E-state index in [1.54, 1.807) is 32.0 Å². The van der Waals surface area contributed by atoms with E-state index < -0.39 is 48.2 Å². The summed E-state index contributed by atoms with van der Waals surface area (Å²) in [6.45, 7) is 3.11. The van der Waals surface area contributed by atoms with Crippen LogP contribution in [0.1, 0.15) is 31.9 Å². The van der Waals surface area contributed by atoms with Gasteiger partial charge in [-0.2, -0.15) is 0 Å². The fourth-order valence-electron chi connectivity index (χ4n) is 2.61. The Kier molecular flexibility index (Phi) is 6.61. The number of alkyl halides is 2. The van der Waals surface area contributed by atoms with Crippen LogP contribution in [0, 0.1) is 5.92 Å². The molecule has 1 heterocycles. The van der Waals surface area contributed by atoms with Gasteiger partial charge in [0.15, 0.2) is 0 Å². The van der Waals surface area contributed by atoms with Gasteiger partial charge in [0.05, 0.1) is 6.04 Å². The van der Waals surface area contributed by atoms with Crippen LogP contribution in [0.4, 0.5) is 13.6 Å². The van der Waals surface area contributed by atoms with Crippen LogP contribution in [0.25, 0.3) is 0 Å². The lowest BCUT2D eigenvalue weighted by atomic mass is 9.90. The SMILES string of the molecule is CC(C)N1C(=O)NC(=O)C(CC(F)(F)C(N)c2ccccc2)C1=O.Cl. The molecule has 1 aromatic carbocycles. The Labute approximate surface area is 150 Å². The van der Waals surface area contributed by atoms with Crippen molar-refractivity contribution in [3.63, 3.8) is 0 Å². The minimum atomic E-state index is -3.50. The van der Waals surface area contributed by atoms with E-state index in [1.165, 1.54) is 12.1 Å². The summed E-state index contributed by atoms with van der Waals surface area (Å²) < 4.78 is 29.0. The van der Waals surface area contributed by atoms with Crippen molar-refractivity contribution in [3.8, 4) is 0 Å². The number of carbonyl (C=O) groups excluding carboxylic acids is 3. The molecular formula is C16H20ClF2N3O3. The van der Waals surface area contributed by atoms with Crippen molar-refractivity contribution in [1.29, 1.82) is 0 Å². The highest BCUT2D eigenvalue weighted by Gasteiger charge is 2.49. The van der Waals surface area contributed by atoms with E-state index in [1.807, 2.05) is 5.32 Å². The van der Waals surface area contributed by atoms with Gasteiger partial charge in [0.1, 0.15) is 5.92 Å². The maximum absolute atomic E-state index is 14.5. The van der Waals surface area contributed by atoms with Gasteiger partial charge in [0.2, 0.25) is 11.8 Å². The molecule has 2 unspecified atom stereocenters. The molecule has 0 aromatic heterocycles. The summed E-state index contributed by atoms with van der Waals surface area (Å²) in [7, 11) is 0. The summed E-state index contributed by atoms with van der Waals surface area (Å²) in [6, 6.07) is 4.60. The lowest BCUT2D eigenvalue weighted by Crippen LogP contribution is -2.61. The number of halogens is 3. The van der Waals surface area contributed by atoms with Crippen molar-refractivity contribution in [2.45, 2.75) is 38.3 Å². The zero-order chi connectivity index (χ0) is 18.1. The van der Waals surface area contributed by atoms with Crippen LogP contribution in [-0.2, 0) is 9.59 Å². The van der Waals surface area contributed by atoms with E-state index in [9.17, 15) is 23.2 Å². The number of benzene rings is 1. The van der Waals surface area contributed by atoms with E-state index in [0.717, 1.165) is 4.90 Å². The molecule has 4 amide bonds. The Bertz CT molecular complexity index is 655. The number of rotatable bonds is 5. The largest absolute Gasteiger partial charge is 0.331 e. The van der Waals surface area contributed by atoms with Gasteiger partial charge in [-0.05, 0) is 19.4 Å². The van der Waals surface area contributed by atoms with Gasteiger partial charge < -0.3 is 5.73 Å². The number of hydrogen-bond donors (Lipinski definition) is 2. The summed E-state index contributed by atoms with van der Waals surface area (Å²) in [5.74, 6) is -7.11. The minimum Gasteiger partial charge on any atom is -0.319 e. The van der Waals surface area contributed by atoms with Crippen molar-refractivity contribution < 1.29 is 23.2 Å². The zero-order valence-electron chi connectivity index (χ0n) is 13.7. The van der Waals surface area contributed by atoms with Crippen LogP contribution in [0.5, 0.6) is 0 Å². The monoisotopic (exact) mass is 375 g/mol. The number of hydrogen-bond acceptors (Lipinski definition) is 4. The number of nitrogens with one attached hydrogen (secondary N) is 1. The van der Waals surface area contributed by atoms with Gasteiger partial charge in [-0.3, -0.25) is 19.8 Å². The summed E-state index contributed by atoms with van der Waals surface area (Å²) in [5, 5.41) is 1.95. The van der Waals surface area contributed by atoms with Gasteiger partial charge in [-0.25, -0.2) is 13.6 Å². The van der Waals surface area contributed by atoms with Crippen LogP contribution >= 0.6 is 12.4 Å². The molecule has 138 valence electrons. The third kappa shape index (κ3) is 4.32. The fraction of sp³-hybridized carbons (Fsp3) is 0.438. The first-order valence-electron chi connectivity index (χ1n) is 7.51. The van der Waals surface area contributed by atoms with Crippen molar-refractivity contribution in [2.75, 3.05) is 0 Å². The van der Waals surface area contributed by atoms with Crippen LogP contribution in [0.15, 0.2) is 30.3 Å². The highest BCUT2D eigenvalue weighted by Crippen LogP contribution is 2.36. The Hall–Kier alpha value is -2.06. The van der Waals surface area contributed by atoms with Gasteiger partial charge in [-0.1, -0.05) is 30.3 Å². The van der Waals surface area contributed by atoms with E-state index in [2.05, 4.69) is 0 Å². The molecule has 25 heavy (non-hydrogen) atoms. The molecule has 9 heteroatoms. The smallest absolute Gasteiger partial charge is 0.319 e. The lowest BCUT2D eigenvalue weighted by molar-refractivity contribution is -0.149. The Morgan fingerprint density at radius 3 is 2.28 bits per heavy atom. The Morgan fingerprint density at radius 2 is 1.76 bits per heavy atom. The zero-order valence-corrected chi connectivity index (χ0v) is 14.6. The first-order chi connectivity index (χ1) is 11.1. The summed E-state index contributed by atoms with van der Waals surface area (Å²) in [4.78, 5) is 36.6. The molecule has 6 nitrogen and oxygen atoms in total. The van der Waals surface area contributed by atoms with Crippen molar-refractivity contribution in [1.82, 2.24) is 10.2 Å². The molecule has 0 aliphatic carbocycles. The van der Waals surface area contributed by atoms with E-state index in [-0.39, 0.29) is 18.0 Å². The van der Waals surface area contributed by atoms with Crippen LogP contribution < -0.4 is 11.1 Å². The summed E-state index contributed by atoms with van der Waals surface area (Å²) >= 11 is 0. The first-order valence-corrected chi connectivity index (χ1v) is 7.51. The Morgan fingerprint density at radius 1 is 1.20 bits per heavy atom. The van der Waals surface area contributed by atoms with Crippen molar-refractivity contribution >= 4 is 30.3 Å². The maximum Gasteiger partial charge on any atom is 0.331 e. The molecule has 0 saturated carbocycles. The first kappa shape index (κ1) is 21.0. The van der Waals surface area contributed by atoms with Crippen LogP contribution in [0.3, 0.4) is 0 Å².